The van der Waals surface area contributed by atoms with Crippen LogP contribution in [0.3, 0.4) is 0 Å². The average Bonchev–Trinajstić information content (AvgIpc) is 2.71. The summed E-state index contributed by atoms with van der Waals surface area (Å²) in [7, 11) is 2.07. The average molecular weight is 451 g/mol. The number of halogens is 3. The van der Waals surface area contributed by atoms with Gasteiger partial charge in [0, 0.05) is 40.7 Å². The summed E-state index contributed by atoms with van der Waals surface area (Å²) in [5, 5.41) is 14.1. The van der Waals surface area contributed by atoms with Crippen molar-refractivity contribution in [2.45, 2.75) is 43.7 Å². The molecule has 0 amide bonds. The second-order valence-electron chi connectivity index (χ2n) is 8.86. The monoisotopic (exact) mass is 450 g/mol. The number of benzene rings is 2. The van der Waals surface area contributed by atoms with E-state index < -0.39 is 23.0 Å². The summed E-state index contributed by atoms with van der Waals surface area (Å²) in [6.45, 7) is 3.68. The molecule has 3 atom stereocenters. The molecule has 0 bridgehead atoms. The molecule has 2 unspecified atom stereocenters. The molecule has 2 aromatic carbocycles. The van der Waals surface area contributed by atoms with E-state index in [2.05, 4.69) is 28.1 Å². The lowest BCUT2D eigenvalue weighted by Gasteiger charge is -2.44. The van der Waals surface area contributed by atoms with Gasteiger partial charge < -0.3 is 21.5 Å². The molecule has 0 aromatic heterocycles. The number of rotatable bonds is 3. The van der Waals surface area contributed by atoms with Crippen LogP contribution >= 0.6 is 0 Å². The van der Waals surface area contributed by atoms with Gasteiger partial charge in [0.2, 0.25) is 0 Å². The van der Waals surface area contributed by atoms with Gasteiger partial charge in [-0.25, -0.2) is 10.9 Å². The van der Waals surface area contributed by atoms with Crippen molar-refractivity contribution in [1.82, 2.24) is 21.1 Å². The molecule has 32 heavy (non-hydrogen) atoms. The lowest BCUT2D eigenvalue weighted by atomic mass is 9.78. The Morgan fingerprint density at radius 3 is 2.56 bits per heavy atom. The maximum absolute atomic E-state index is 13.1. The number of alkyl halides is 3. The first-order valence-electron chi connectivity index (χ1n) is 10.6. The molecule has 1 fully saturated rings. The van der Waals surface area contributed by atoms with Crippen molar-refractivity contribution in [2.24, 2.45) is 0 Å². The third-order valence-electron chi connectivity index (χ3n) is 6.46. The van der Waals surface area contributed by atoms with Crippen molar-refractivity contribution in [2.75, 3.05) is 31.6 Å². The second kappa shape index (κ2) is 8.11. The second-order valence-corrected chi connectivity index (χ2v) is 8.86. The van der Waals surface area contributed by atoms with E-state index in [1.54, 1.807) is 19.1 Å². The zero-order chi connectivity index (χ0) is 23.3. The molecule has 10 heteroatoms. The number of phenols is 1. The first kappa shape index (κ1) is 22.7. The van der Waals surface area contributed by atoms with E-state index >= 15 is 0 Å². The lowest BCUT2D eigenvalue weighted by molar-refractivity contribution is -0.137. The summed E-state index contributed by atoms with van der Waals surface area (Å²) in [5.74, 6) is -0.482. The van der Waals surface area contributed by atoms with E-state index in [1.165, 1.54) is 6.07 Å². The van der Waals surface area contributed by atoms with Crippen LogP contribution in [-0.2, 0) is 11.7 Å². The van der Waals surface area contributed by atoms with Crippen molar-refractivity contribution < 1.29 is 18.3 Å². The fraction of sp³-hybridized carbons (Fsp3) is 0.455. The van der Waals surface area contributed by atoms with Gasteiger partial charge in [0.15, 0.2) is 0 Å². The number of hydrogen-bond donors (Lipinski definition) is 6. The highest BCUT2D eigenvalue weighted by Gasteiger charge is 2.43. The highest BCUT2D eigenvalue weighted by molar-refractivity contribution is 5.69. The van der Waals surface area contributed by atoms with E-state index in [-0.39, 0.29) is 17.8 Å². The van der Waals surface area contributed by atoms with Gasteiger partial charge in [0.1, 0.15) is 5.75 Å². The van der Waals surface area contributed by atoms with Gasteiger partial charge >= 0.3 is 6.18 Å². The fourth-order valence-corrected chi connectivity index (χ4v) is 4.87. The molecule has 2 aliphatic heterocycles. The van der Waals surface area contributed by atoms with Crippen LogP contribution in [0.25, 0.3) is 0 Å². The predicted octanol–water partition coefficient (Wildman–Crippen LogP) is 2.63. The van der Waals surface area contributed by atoms with Crippen molar-refractivity contribution in [3.8, 4) is 5.75 Å². The molecule has 8 N–H and O–H groups in total. The summed E-state index contributed by atoms with van der Waals surface area (Å²) in [6.07, 6.45) is -2.84. The summed E-state index contributed by atoms with van der Waals surface area (Å²) in [5.41, 5.74) is 19.6. The maximum Gasteiger partial charge on any atom is 0.416 e. The first-order valence-corrected chi connectivity index (χ1v) is 10.6. The zero-order valence-electron chi connectivity index (χ0n) is 18.1. The van der Waals surface area contributed by atoms with Crippen LogP contribution in [0.2, 0.25) is 0 Å². The van der Waals surface area contributed by atoms with E-state index in [1.807, 2.05) is 0 Å². The van der Waals surface area contributed by atoms with Gasteiger partial charge in [-0.15, -0.1) is 0 Å². The van der Waals surface area contributed by atoms with Crippen LogP contribution in [0.15, 0.2) is 30.3 Å². The summed E-state index contributed by atoms with van der Waals surface area (Å²) >= 11 is 0. The minimum absolute atomic E-state index is 0.227. The van der Waals surface area contributed by atoms with Crippen LogP contribution in [0.1, 0.15) is 48.2 Å². The van der Waals surface area contributed by atoms with E-state index in [0.29, 0.717) is 16.9 Å². The Balaban J connectivity index is 1.76. The Bertz CT molecular complexity index is 1010. The topological polar surface area (TPSA) is 112 Å². The predicted molar refractivity (Wildman–Crippen MR) is 117 cm³/mol. The number of likely N-dealkylation sites (tertiary alicyclic amines) is 1. The molecular weight excluding hydrogens is 421 g/mol. The number of nitrogens with one attached hydrogen (secondary N) is 3. The number of nitrogens with two attached hydrogens (primary N) is 2. The molecule has 4 rings (SSSR count). The number of likely N-dealkylation sites (N-methyl/N-ethyl adjacent to an activating group) is 1. The Morgan fingerprint density at radius 1 is 1.19 bits per heavy atom. The molecule has 7 nitrogen and oxygen atoms in total. The molecule has 2 aromatic rings. The standard InChI is InChI=1S/C22H29F3N6O/c1-21(14-6-5-12(10-17(14)32)22(23,24)25)19-16(27)8-7-15(26)18(19)20(29-30-21)28-13-4-3-9-31(2)11-13/h5-8,10,13,20,28-30,32H,3-4,9,11,26-27H2,1-2H3/t13-,20?,21?/m1/s1. The molecular formula is C22H29F3N6O. The normalized spacial score (nSPS) is 26.7. The number of piperidine rings is 1. The van der Waals surface area contributed by atoms with Crippen molar-refractivity contribution in [3.63, 3.8) is 0 Å². The molecule has 2 aliphatic rings. The molecule has 2 heterocycles. The van der Waals surface area contributed by atoms with Gasteiger partial charge in [-0.05, 0) is 57.6 Å². The number of hydrogen-bond acceptors (Lipinski definition) is 7. The number of nitrogens with zero attached hydrogens (tertiary/aromatic N) is 1. The van der Waals surface area contributed by atoms with Gasteiger partial charge in [-0.2, -0.15) is 13.2 Å². The minimum atomic E-state index is -4.56. The van der Waals surface area contributed by atoms with Crippen molar-refractivity contribution in [3.05, 3.63) is 52.6 Å². The summed E-state index contributed by atoms with van der Waals surface area (Å²) in [4.78, 5) is 2.26. The van der Waals surface area contributed by atoms with E-state index in [9.17, 15) is 18.3 Å². The van der Waals surface area contributed by atoms with Crippen LogP contribution in [0.4, 0.5) is 24.5 Å². The zero-order valence-corrected chi connectivity index (χ0v) is 18.1. The number of fused-ring (bicyclic) bond motifs is 1. The van der Waals surface area contributed by atoms with Crippen LogP contribution < -0.4 is 27.6 Å². The third kappa shape index (κ3) is 3.99. The summed E-state index contributed by atoms with van der Waals surface area (Å²) in [6, 6.07) is 6.56. The largest absolute Gasteiger partial charge is 0.508 e. The molecule has 0 radical (unpaired) electrons. The highest BCUT2D eigenvalue weighted by Crippen LogP contribution is 2.46. The van der Waals surface area contributed by atoms with Gasteiger partial charge in [-0.1, -0.05) is 6.07 Å². The quantitative estimate of drug-likeness (QED) is 0.399. The van der Waals surface area contributed by atoms with Crippen molar-refractivity contribution in [1.29, 1.82) is 0 Å². The highest BCUT2D eigenvalue weighted by atomic mass is 19.4. The van der Waals surface area contributed by atoms with Crippen LogP contribution in [0.5, 0.6) is 5.75 Å². The Morgan fingerprint density at radius 2 is 1.91 bits per heavy atom. The van der Waals surface area contributed by atoms with E-state index in [0.717, 1.165) is 43.6 Å². The maximum atomic E-state index is 13.1. The molecule has 0 aliphatic carbocycles. The van der Waals surface area contributed by atoms with Gasteiger partial charge in [-0.3, -0.25) is 5.32 Å². The third-order valence-corrected chi connectivity index (χ3v) is 6.46. The van der Waals surface area contributed by atoms with Gasteiger partial charge in [0.25, 0.3) is 0 Å². The number of anilines is 2. The number of aromatic hydroxyl groups is 1. The first-order chi connectivity index (χ1) is 15.0. The smallest absolute Gasteiger partial charge is 0.416 e. The Kier molecular flexibility index (Phi) is 5.74. The Hall–Kier alpha value is -2.53. The molecule has 0 spiro atoms. The van der Waals surface area contributed by atoms with E-state index in [4.69, 9.17) is 11.5 Å². The number of phenolic OH excluding ortho intramolecular Hbond substituents is 1. The number of nitrogen functional groups attached to an aromatic ring is 2. The number of hydrazine groups is 1. The fourth-order valence-electron chi connectivity index (χ4n) is 4.87. The van der Waals surface area contributed by atoms with Crippen molar-refractivity contribution >= 4 is 11.4 Å². The van der Waals surface area contributed by atoms with Crippen LogP contribution in [0, 0.1) is 0 Å². The lowest BCUT2D eigenvalue weighted by Crippen LogP contribution is -2.60. The van der Waals surface area contributed by atoms with Gasteiger partial charge in [0.05, 0.1) is 17.3 Å². The molecule has 0 saturated carbocycles. The summed E-state index contributed by atoms with van der Waals surface area (Å²) < 4.78 is 39.3. The van der Waals surface area contributed by atoms with Crippen LogP contribution in [-0.4, -0.2) is 36.2 Å². The molecule has 1 saturated heterocycles. The Labute approximate surface area is 184 Å². The minimum Gasteiger partial charge on any atom is -0.508 e. The SMILES string of the molecule is CN1CCC[C@@H](NC2NNC(C)(c3ccc(C(F)(F)F)cc3O)c3c(N)ccc(N)c32)C1. The molecule has 174 valence electrons.